The van der Waals surface area contributed by atoms with Crippen LogP contribution in [-0.4, -0.2) is 16.7 Å². The summed E-state index contributed by atoms with van der Waals surface area (Å²) in [4.78, 5) is 4.68. The van der Waals surface area contributed by atoms with Crippen LogP contribution in [0.25, 0.3) is 11.0 Å². The molecular formula is C17H23ClN2O. The SMILES string of the molecule is COc1ccc2nc(CCl)n(CC3(C)CCCCC3)c2c1. The molecule has 0 atom stereocenters. The molecule has 0 unspecified atom stereocenters. The molecule has 1 aromatic carbocycles. The van der Waals surface area contributed by atoms with Crippen molar-refractivity contribution in [2.45, 2.75) is 51.5 Å². The Bertz CT molecular complexity index is 629. The van der Waals surface area contributed by atoms with Gasteiger partial charge in [0.1, 0.15) is 11.6 Å². The molecule has 1 heterocycles. The number of rotatable bonds is 4. The summed E-state index contributed by atoms with van der Waals surface area (Å²) in [6.07, 6.45) is 6.62. The molecule has 0 saturated heterocycles. The number of imidazole rings is 1. The smallest absolute Gasteiger partial charge is 0.124 e. The Morgan fingerprint density at radius 2 is 2.05 bits per heavy atom. The first-order chi connectivity index (χ1) is 10.1. The van der Waals surface area contributed by atoms with Crippen LogP contribution in [0.2, 0.25) is 0 Å². The van der Waals surface area contributed by atoms with E-state index in [9.17, 15) is 0 Å². The third kappa shape index (κ3) is 2.89. The molecule has 0 amide bonds. The number of nitrogens with zero attached hydrogens (tertiary/aromatic N) is 2. The molecule has 3 rings (SSSR count). The number of hydrogen-bond acceptors (Lipinski definition) is 2. The molecule has 1 aromatic heterocycles. The molecule has 1 fully saturated rings. The Labute approximate surface area is 131 Å². The monoisotopic (exact) mass is 306 g/mol. The molecule has 114 valence electrons. The van der Waals surface area contributed by atoms with E-state index >= 15 is 0 Å². The second-order valence-corrected chi connectivity index (χ2v) is 6.74. The highest BCUT2D eigenvalue weighted by Gasteiger charge is 2.28. The van der Waals surface area contributed by atoms with Gasteiger partial charge in [-0.25, -0.2) is 4.98 Å². The van der Waals surface area contributed by atoms with Gasteiger partial charge in [0.15, 0.2) is 0 Å². The molecule has 3 nitrogen and oxygen atoms in total. The lowest BCUT2D eigenvalue weighted by Crippen LogP contribution is -2.26. The summed E-state index contributed by atoms with van der Waals surface area (Å²) < 4.78 is 7.66. The second-order valence-electron chi connectivity index (χ2n) is 6.47. The number of ether oxygens (including phenoxy) is 1. The fraction of sp³-hybridized carbons (Fsp3) is 0.588. The van der Waals surface area contributed by atoms with Crippen LogP contribution < -0.4 is 4.74 Å². The quantitative estimate of drug-likeness (QED) is 0.762. The van der Waals surface area contributed by atoms with E-state index in [2.05, 4.69) is 22.5 Å². The number of halogens is 1. The molecule has 0 bridgehead atoms. The van der Waals surface area contributed by atoms with Crippen molar-refractivity contribution >= 4 is 22.6 Å². The topological polar surface area (TPSA) is 27.1 Å². The predicted octanol–water partition coefficient (Wildman–Crippen LogP) is 4.75. The van der Waals surface area contributed by atoms with Crippen molar-refractivity contribution in [3.63, 3.8) is 0 Å². The third-order valence-corrected chi connectivity index (χ3v) is 4.99. The number of benzene rings is 1. The Balaban J connectivity index is 2.02. The summed E-state index contributed by atoms with van der Waals surface area (Å²) in [6.45, 7) is 3.40. The van der Waals surface area contributed by atoms with Crippen LogP contribution in [0.3, 0.4) is 0 Å². The first-order valence-electron chi connectivity index (χ1n) is 7.74. The molecule has 0 spiro atoms. The van der Waals surface area contributed by atoms with Crippen LogP contribution in [0.4, 0.5) is 0 Å². The summed E-state index contributed by atoms with van der Waals surface area (Å²) in [6, 6.07) is 6.05. The highest BCUT2D eigenvalue weighted by atomic mass is 35.5. The van der Waals surface area contributed by atoms with Gasteiger partial charge >= 0.3 is 0 Å². The van der Waals surface area contributed by atoms with Gasteiger partial charge in [-0.1, -0.05) is 26.2 Å². The van der Waals surface area contributed by atoms with E-state index in [0.29, 0.717) is 11.3 Å². The standard InChI is InChI=1S/C17H23ClN2O/c1-17(8-4-3-5-9-17)12-20-15-10-13(21-2)6-7-14(15)19-16(20)11-18/h6-7,10H,3-5,8-9,11-12H2,1-2H3. The zero-order chi connectivity index (χ0) is 14.9. The zero-order valence-electron chi connectivity index (χ0n) is 12.9. The van der Waals surface area contributed by atoms with Crippen molar-refractivity contribution in [2.75, 3.05) is 7.11 Å². The lowest BCUT2D eigenvalue weighted by molar-refractivity contribution is 0.184. The lowest BCUT2D eigenvalue weighted by Gasteiger charge is -2.34. The fourth-order valence-corrected chi connectivity index (χ4v) is 3.71. The van der Waals surface area contributed by atoms with Crippen LogP contribution in [0.5, 0.6) is 5.75 Å². The van der Waals surface area contributed by atoms with Crippen LogP contribution in [0.1, 0.15) is 44.9 Å². The van der Waals surface area contributed by atoms with Gasteiger partial charge in [0.05, 0.1) is 24.0 Å². The highest BCUT2D eigenvalue weighted by Crippen LogP contribution is 2.38. The predicted molar refractivity (Wildman–Crippen MR) is 87.0 cm³/mol. The molecule has 21 heavy (non-hydrogen) atoms. The third-order valence-electron chi connectivity index (χ3n) is 4.75. The highest BCUT2D eigenvalue weighted by molar-refractivity contribution is 6.16. The summed E-state index contributed by atoms with van der Waals surface area (Å²) >= 11 is 6.13. The van der Waals surface area contributed by atoms with E-state index in [1.807, 2.05) is 12.1 Å². The maximum absolute atomic E-state index is 6.13. The van der Waals surface area contributed by atoms with Crippen molar-refractivity contribution in [1.82, 2.24) is 9.55 Å². The lowest BCUT2D eigenvalue weighted by atomic mass is 9.75. The minimum Gasteiger partial charge on any atom is -0.497 e. The van der Waals surface area contributed by atoms with Crippen LogP contribution in [0, 0.1) is 5.41 Å². The average molecular weight is 307 g/mol. The molecule has 0 aliphatic heterocycles. The van der Waals surface area contributed by atoms with E-state index in [1.165, 1.54) is 32.1 Å². The van der Waals surface area contributed by atoms with E-state index in [-0.39, 0.29) is 0 Å². The Morgan fingerprint density at radius 1 is 1.29 bits per heavy atom. The molecule has 4 heteroatoms. The maximum Gasteiger partial charge on any atom is 0.124 e. The van der Waals surface area contributed by atoms with Crippen LogP contribution in [0.15, 0.2) is 18.2 Å². The Hall–Kier alpha value is -1.22. The summed E-state index contributed by atoms with van der Waals surface area (Å²) in [7, 11) is 1.70. The van der Waals surface area contributed by atoms with Gasteiger partial charge in [0.25, 0.3) is 0 Å². The second kappa shape index (κ2) is 5.88. The minimum absolute atomic E-state index is 0.357. The summed E-state index contributed by atoms with van der Waals surface area (Å²) in [5, 5.41) is 0. The van der Waals surface area contributed by atoms with Gasteiger partial charge in [-0.05, 0) is 30.4 Å². The zero-order valence-corrected chi connectivity index (χ0v) is 13.6. The van der Waals surface area contributed by atoms with E-state index in [4.69, 9.17) is 16.3 Å². The molecule has 1 aliphatic rings. The van der Waals surface area contributed by atoms with Gasteiger partial charge in [0.2, 0.25) is 0 Å². The van der Waals surface area contributed by atoms with Crippen molar-refractivity contribution < 1.29 is 4.74 Å². The van der Waals surface area contributed by atoms with Crippen molar-refractivity contribution in [3.8, 4) is 5.75 Å². The number of fused-ring (bicyclic) bond motifs is 1. The average Bonchev–Trinajstić information content (AvgIpc) is 2.84. The Morgan fingerprint density at radius 3 is 2.71 bits per heavy atom. The number of methoxy groups -OCH3 is 1. The molecular weight excluding hydrogens is 284 g/mol. The van der Waals surface area contributed by atoms with E-state index in [0.717, 1.165) is 29.2 Å². The first-order valence-corrected chi connectivity index (χ1v) is 8.28. The first kappa shape index (κ1) is 14.7. The number of aromatic nitrogens is 2. The van der Waals surface area contributed by atoms with Crippen molar-refractivity contribution in [3.05, 3.63) is 24.0 Å². The molecule has 1 saturated carbocycles. The number of hydrogen-bond donors (Lipinski definition) is 0. The maximum atomic E-state index is 6.13. The van der Waals surface area contributed by atoms with Gasteiger partial charge in [-0.3, -0.25) is 0 Å². The minimum atomic E-state index is 0.357. The molecule has 0 N–H and O–H groups in total. The fourth-order valence-electron chi connectivity index (χ4n) is 3.50. The van der Waals surface area contributed by atoms with Gasteiger partial charge in [0, 0.05) is 12.6 Å². The van der Waals surface area contributed by atoms with E-state index < -0.39 is 0 Å². The van der Waals surface area contributed by atoms with Crippen molar-refractivity contribution in [1.29, 1.82) is 0 Å². The van der Waals surface area contributed by atoms with Crippen LogP contribution in [-0.2, 0) is 12.4 Å². The Kier molecular flexibility index (Phi) is 4.12. The largest absolute Gasteiger partial charge is 0.497 e. The number of alkyl halides is 1. The van der Waals surface area contributed by atoms with Gasteiger partial charge in [-0.2, -0.15) is 0 Å². The molecule has 2 aromatic rings. The van der Waals surface area contributed by atoms with Gasteiger partial charge in [-0.15, -0.1) is 11.6 Å². The van der Waals surface area contributed by atoms with Gasteiger partial charge < -0.3 is 9.30 Å². The van der Waals surface area contributed by atoms with Crippen molar-refractivity contribution in [2.24, 2.45) is 5.41 Å². The summed E-state index contributed by atoms with van der Waals surface area (Å²) in [5.74, 6) is 2.29. The molecule has 1 aliphatic carbocycles. The molecule has 0 radical (unpaired) electrons. The van der Waals surface area contributed by atoms with Crippen LogP contribution >= 0.6 is 11.6 Å². The van der Waals surface area contributed by atoms with E-state index in [1.54, 1.807) is 7.11 Å². The summed E-state index contributed by atoms with van der Waals surface area (Å²) in [5.41, 5.74) is 2.50. The normalized spacial score (nSPS) is 18.0.